The van der Waals surface area contributed by atoms with Crippen LogP contribution in [0.4, 0.5) is 10.1 Å². The van der Waals surface area contributed by atoms with E-state index in [0.29, 0.717) is 17.5 Å². The van der Waals surface area contributed by atoms with Gasteiger partial charge in [-0.2, -0.15) is 0 Å². The van der Waals surface area contributed by atoms with Crippen LogP contribution in [0.1, 0.15) is 30.0 Å². The lowest BCUT2D eigenvalue weighted by molar-refractivity contribution is 0.0139. The molecular formula is C23H27FN2O. The molecule has 3 aliphatic rings. The molecule has 2 unspecified atom stereocenters. The van der Waals surface area contributed by atoms with Gasteiger partial charge >= 0.3 is 0 Å². The number of β-amino-alcohol motifs (C(OH)–C–C–N with tert-alkyl or cyclic N) is 1. The van der Waals surface area contributed by atoms with Gasteiger partial charge in [0.2, 0.25) is 0 Å². The average molecular weight is 366 g/mol. The van der Waals surface area contributed by atoms with Gasteiger partial charge in [-0.05, 0) is 53.1 Å². The van der Waals surface area contributed by atoms with E-state index in [1.165, 1.54) is 17.2 Å². The Morgan fingerprint density at radius 2 is 1.74 bits per heavy atom. The van der Waals surface area contributed by atoms with Crippen LogP contribution in [-0.4, -0.2) is 35.2 Å². The molecule has 2 aromatic rings. The Morgan fingerprint density at radius 1 is 1.11 bits per heavy atom. The van der Waals surface area contributed by atoms with Gasteiger partial charge in [0.25, 0.3) is 0 Å². The maximum atomic E-state index is 13.9. The fourth-order valence-corrected chi connectivity index (χ4v) is 6.18. The van der Waals surface area contributed by atoms with Crippen LogP contribution in [0, 0.1) is 17.7 Å². The first-order valence-corrected chi connectivity index (χ1v) is 10.0. The van der Waals surface area contributed by atoms with Crippen molar-refractivity contribution in [2.45, 2.75) is 37.2 Å². The summed E-state index contributed by atoms with van der Waals surface area (Å²) in [7, 11) is 0. The molecular weight excluding hydrogens is 339 g/mol. The highest BCUT2D eigenvalue weighted by molar-refractivity contribution is 5.48. The molecule has 1 heterocycles. The lowest BCUT2D eigenvalue weighted by atomic mass is 9.87. The van der Waals surface area contributed by atoms with Gasteiger partial charge in [-0.1, -0.05) is 31.2 Å². The van der Waals surface area contributed by atoms with Crippen LogP contribution in [0.3, 0.4) is 0 Å². The Balaban J connectivity index is 1.29. The van der Waals surface area contributed by atoms with Crippen molar-refractivity contribution in [3.8, 4) is 0 Å². The largest absolute Gasteiger partial charge is 0.399 e. The van der Waals surface area contributed by atoms with Crippen LogP contribution in [0.15, 0.2) is 42.5 Å². The van der Waals surface area contributed by atoms with Crippen LogP contribution in [-0.2, 0) is 18.3 Å². The monoisotopic (exact) mass is 366 g/mol. The number of hydrogen-bond acceptors (Lipinski definition) is 3. The predicted octanol–water partition coefficient (Wildman–Crippen LogP) is 3.15. The van der Waals surface area contributed by atoms with E-state index in [1.54, 1.807) is 6.07 Å². The van der Waals surface area contributed by atoms with Crippen LogP contribution in [0.25, 0.3) is 0 Å². The van der Waals surface area contributed by atoms with E-state index in [9.17, 15) is 9.50 Å². The van der Waals surface area contributed by atoms with E-state index >= 15 is 0 Å². The molecule has 5 rings (SSSR count). The van der Waals surface area contributed by atoms with Crippen molar-refractivity contribution >= 4 is 5.69 Å². The molecule has 0 aromatic heterocycles. The van der Waals surface area contributed by atoms with Gasteiger partial charge in [0.1, 0.15) is 5.82 Å². The third-order valence-electron chi connectivity index (χ3n) is 7.33. The third kappa shape index (κ3) is 2.61. The van der Waals surface area contributed by atoms with Gasteiger partial charge in [0.05, 0.1) is 5.60 Å². The first-order valence-electron chi connectivity index (χ1n) is 10.0. The Kier molecular flexibility index (Phi) is 3.69. The van der Waals surface area contributed by atoms with Gasteiger partial charge in [-0.3, -0.25) is 4.90 Å². The SMILES string of the molecule is CCC1(c2cc(N)cc(F)c2)C2CN(CC3(O)Cc4ccccc4C3)CC21. The van der Waals surface area contributed by atoms with Gasteiger partial charge < -0.3 is 10.8 Å². The number of nitrogens with two attached hydrogens (primary N) is 1. The minimum absolute atomic E-state index is 0.0635. The third-order valence-corrected chi connectivity index (χ3v) is 7.33. The molecule has 3 nitrogen and oxygen atoms in total. The molecule has 0 radical (unpaired) electrons. The van der Waals surface area contributed by atoms with Gasteiger partial charge in [0.15, 0.2) is 0 Å². The molecule has 0 amide bonds. The Morgan fingerprint density at radius 3 is 2.30 bits per heavy atom. The number of anilines is 1. The highest BCUT2D eigenvalue weighted by atomic mass is 19.1. The van der Waals surface area contributed by atoms with Crippen molar-refractivity contribution in [2.24, 2.45) is 11.8 Å². The zero-order valence-electron chi connectivity index (χ0n) is 15.8. The molecule has 1 saturated heterocycles. The predicted molar refractivity (Wildman–Crippen MR) is 105 cm³/mol. The number of halogens is 1. The topological polar surface area (TPSA) is 49.5 Å². The summed E-state index contributed by atoms with van der Waals surface area (Å²) in [6.45, 7) is 4.88. The van der Waals surface area contributed by atoms with E-state index in [2.05, 4.69) is 36.1 Å². The fraction of sp³-hybridized carbons (Fsp3) is 0.478. The zero-order valence-corrected chi connectivity index (χ0v) is 15.8. The summed E-state index contributed by atoms with van der Waals surface area (Å²) in [4.78, 5) is 2.41. The molecule has 1 aliphatic heterocycles. The van der Waals surface area contributed by atoms with Crippen LogP contribution in [0.5, 0.6) is 0 Å². The second-order valence-corrected chi connectivity index (χ2v) is 8.92. The number of piperidine rings is 1. The molecule has 2 atom stereocenters. The molecule has 27 heavy (non-hydrogen) atoms. The van der Waals surface area contributed by atoms with E-state index in [-0.39, 0.29) is 11.2 Å². The van der Waals surface area contributed by atoms with E-state index < -0.39 is 5.60 Å². The van der Waals surface area contributed by atoms with E-state index in [1.807, 2.05) is 6.07 Å². The summed E-state index contributed by atoms with van der Waals surface area (Å²) < 4.78 is 13.9. The summed E-state index contributed by atoms with van der Waals surface area (Å²) in [5, 5.41) is 11.1. The normalized spacial score (nSPS) is 30.9. The van der Waals surface area contributed by atoms with Crippen molar-refractivity contribution in [1.29, 1.82) is 0 Å². The maximum absolute atomic E-state index is 13.9. The van der Waals surface area contributed by atoms with E-state index in [0.717, 1.165) is 44.5 Å². The number of benzene rings is 2. The molecule has 0 spiro atoms. The molecule has 2 fully saturated rings. The summed E-state index contributed by atoms with van der Waals surface area (Å²) in [6.07, 6.45) is 2.50. The Bertz CT molecular complexity index is 838. The summed E-state index contributed by atoms with van der Waals surface area (Å²) in [5.41, 5.74) is 9.44. The molecule has 2 aliphatic carbocycles. The van der Waals surface area contributed by atoms with Crippen molar-refractivity contribution < 1.29 is 9.50 Å². The Hall–Kier alpha value is -1.91. The minimum atomic E-state index is -0.654. The first-order chi connectivity index (χ1) is 12.9. The summed E-state index contributed by atoms with van der Waals surface area (Å²) in [5.74, 6) is 0.838. The van der Waals surface area contributed by atoms with Crippen LogP contribution < -0.4 is 5.73 Å². The van der Waals surface area contributed by atoms with Gasteiger partial charge in [-0.15, -0.1) is 0 Å². The number of fused-ring (bicyclic) bond motifs is 2. The minimum Gasteiger partial charge on any atom is -0.399 e. The molecule has 142 valence electrons. The van der Waals surface area contributed by atoms with Crippen molar-refractivity contribution in [3.05, 3.63) is 65.0 Å². The number of hydrogen-bond donors (Lipinski definition) is 2. The standard InChI is InChI=1S/C23H27FN2O/c1-2-23(17-7-18(24)9-19(25)8-17)20-12-26(13-21(20)23)14-22(27)10-15-5-3-4-6-16(15)11-22/h3-9,20-21,27H,2,10-14,25H2,1H3. The van der Waals surface area contributed by atoms with Gasteiger partial charge in [-0.25, -0.2) is 4.39 Å². The maximum Gasteiger partial charge on any atom is 0.125 e. The molecule has 1 saturated carbocycles. The highest BCUT2D eigenvalue weighted by Gasteiger charge is 2.67. The van der Waals surface area contributed by atoms with Crippen LogP contribution in [0.2, 0.25) is 0 Å². The summed E-state index contributed by atoms with van der Waals surface area (Å²) >= 11 is 0. The van der Waals surface area contributed by atoms with Crippen LogP contribution >= 0.6 is 0 Å². The second kappa shape index (κ2) is 5.79. The smallest absolute Gasteiger partial charge is 0.125 e. The molecule has 4 heteroatoms. The molecule has 3 N–H and O–H groups in total. The lowest BCUT2D eigenvalue weighted by Crippen LogP contribution is -2.45. The number of rotatable bonds is 4. The molecule has 2 aromatic carbocycles. The van der Waals surface area contributed by atoms with Crippen molar-refractivity contribution in [2.75, 3.05) is 25.4 Å². The number of nitrogens with zero attached hydrogens (tertiary/aromatic N) is 1. The van der Waals surface area contributed by atoms with Crippen molar-refractivity contribution in [1.82, 2.24) is 4.90 Å². The zero-order chi connectivity index (χ0) is 18.8. The average Bonchev–Trinajstić information content (AvgIpc) is 2.90. The highest BCUT2D eigenvalue weighted by Crippen LogP contribution is 2.65. The Labute approximate surface area is 160 Å². The number of nitrogen functional groups attached to an aromatic ring is 1. The van der Waals surface area contributed by atoms with Crippen molar-refractivity contribution in [3.63, 3.8) is 0 Å². The number of likely N-dealkylation sites (tertiary alicyclic amines) is 1. The lowest BCUT2D eigenvalue weighted by Gasteiger charge is -2.32. The number of aliphatic hydroxyl groups is 1. The van der Waals surface area contributed by atoms with E-state index in [4.69, 9.17) is 5.73 Å². The second-order valence-electron chi connectivity index (χ2n) is 8.92. The molecule has 0 bridgehead atoms. The van der Waals surface area contributed by atoms with Gasteiger partial charge in [0, 0.05) is 43.6 Å². The quantitative estimate of drug-likeness (QED) is 0.818. The first kappa shape index (κ1) is 17.2. The fourth-order valence-electron chi connectivity index (χ4n) is 6.18. The summed E-state index contributed by atoms with van der Waals surface area (Å²) in [6, 6.07) is 13.4.